The van der Waals surface area contributed by atoms with Gasteiger partial charge in [-0.2, -0.15) is 0 Å². The molecule has 24 heavy (non-hydrogen) atoms. The van der Waals surface area contributed by atoms with Gasteiger partial charge in [0.2, 0.25) is 0 Å². The Hall–Kier alpha value is -2.56. The van der Waals surface area contributed by atoms with Gasteiger partial charge in [-0.25, -0.2) is 9.98 Å². The van der Waals surface area contributed by atoms with Crippen molar-refractivity contribution in [2.24, 2.45) is 10.7 Å². The smallest absolute Gasteiger partial charge is 0.193 e. The zero-order valence-corrected chi connectivity index (χ0v) is 14.4. The number of anilines is 2. The maximum Gasteiger partial charge on any atom is 0.193 e. The number of hydrogen-bond acceptors (Lipinski definition) is 3. The molecule has 1 aliphatic rings. The van der Waals surface area contributed by atoms with Crippen molar-refractivity contribution in [3.63, 3.8) is 0 Å². The van der Waals surface area contributed by atoms with Crippen LogP contribution in [0.25, 0.3) is 0 Å². The van der Waals surface area contributed by atoms with Gasteiger partial charge in [0.15, 0.2) is 5.96 Å². The van der Waals surface area contributed by atoms with Crippen molar-refractivity contribution in [2.45, 2.75) is 32.2 Å². The second-order valence-electron chi connectivity index (χ2n) is 6.36. The Morgan fingerprint density at radius 1 is 1.17 bits per heavy atom. The van der Waals surface area contributed by atoms with Crippen molar-refractivity contribution in [2.75, 3.05) is 24.3 Å². The molecule has 2 aromatic rings. The molecule has 0 bridgehead atoms. The quantitative estimate of drug-likeness (QED) is 0.670. The van der Waals surface area contributed by atoms with Crippen LogP contribution in [0.2, 0.25) is 0 Å². The third kappa shape index (κ3) is 3.85. The van der Waals surface area contributed by atoms with Crippen LogP contribution >= 0.6 is 0 Å². The zero-order chi connectivity index (χ0) is 16.9. The number of aromatic nitrogens is 1. The third-order valence-electron chi connectivity index (χ3n) is 4.32. The summed E-state index contributed by atoms with van der Waals surface area (Å²) in [5, 5.41) is 3.27. The molecule has 0 spiro atoms. The fourth-order valence-electron chi connectivity index (χ4n) is 3.05. The number of hydrogen-bond donors (Lipinski definition) is 2. The minimum absolute atomic E-state index is 0.436. The molecule has 0 saturated heterocycles. The van der Waals surface area contributed by atoms with Crippen LogP contribution in [0.4, 0.5) is 11.5 Å². The molecule has 0 radical (unpaired) electrons. The van der Waals surface area contributed by atoms with E-state index in [2.05, 4.69) is 33.5 Å². The number of nitrogens with two attached hydrogens (primary N) is 1. The number of aryl methyl sites for hydroxylation is 1. The SMILES string of the molecule is CN(C)c1cccc(CN=C(N)Nc2cccc3c2CCCC3)n1. The van der Waals surface area contributed by atoms with E-state index in [1.807, 2.05) is 37.2 Å². The summed E-state index contributed by atoms with van der Waals surface area (Å²) >= 11 is 0. The Bertz CT molecular complexity index is 736. The molecule has 126 valence electrons. The van der Waals surface area contributed by atoms with E-state index in [0.717, 1.165) is 30.0 Å². The lowest BCUT2D eigenvalue weighted by atomic mass is 9.90. The van der Waals surface area contributed by atoms with Gasteiger partial charge in [-0.05, 0) is 55.0 Å². The summed E-state index contributed by atoms with van der Waals surface area (Å²) in [6, 6.07) is 12.3. The molecule has 3 rings (SSSR count). The van der Waals surface area contributed by atoms with Crippen molar-refractivity contribution < 1.29 is 0 Å². The first-order valence-electron chi connectivity index (χ1n) is 8.44. The fourth-order valence-corrected chi connectivity index (χ4v) is 3.05. The van der Waals surface area contributed by atoms with E-state index < -0.39 is 0 Å². The molecule has 0 fully saturated rings. The fraction of sp³-hybridized carbons (Fsp3) is 0.368. The summed E-state index contributed by atoms with van der Waals surface area (Å²) in [6.45, 7) is 0.468. The molecule has 1 aliphatic carbocycles. The van der Waals surface area contributed by atoms with Gasteiger partial charge >= 0.3 is 0 Å². The average molecular weight is 323 g/mol. The maximum atomic E-state index is 6.09. The summed E-state index contributed by atoms with van der Waals surface area (Å²) in [6.07, 6.45) is 4.78. The number of guanidine groups is 1. The number of nitrogens with zero attached hydrogens (tertiary/aromatic N) is 3. The maximum absolute atomic E-state index is 6.09. The van der Waals surface area contributed by atoms with Crippen LogP contribution in [-0.2, 0) is 19.4 Å². The van der Waals surface area contributed by atoms with Gasteiger partial charge < -0.3 is 16.0 Å². The highest BCUT2D eigenvalue weighted by Gasteiger charge is 2.13. The molecule has 0 unspecified atom stereocenters. The van der Waals surface area contributed by atoms with Crippen LogP contribution in [0.15, 0.2) is 41.4 Å². The molecular formula is C19H25N5. The van der Waals surface area contributed by atoms with Crippen LogP contribution in [0.5, 0.6) is 0 Å². The lowest BCUT2D eigenvalue weighted by Gasteiger charge is -2.19. The Labute approximate surface area is 143 Å². The van der Waals surface area contributed by atoms with Gasteiger partial charge in [-0.1, -0.05) is 18.2 Å². The average Bonchev–Trinajstić information content (AvgIpc) is 2.60. The molecule has 1 aromatic carbocycles. The van der Waals surface area contributed by atoms with Crippen molar-refractivity contribution in [1.29, 1.82) is 0 Å². The van der Waals surface area contributed by atoms with E-state index >= 15 is 0 Å². The Kier molecular flexibility index (Phi) is 4.99. The standard InChI is InChI=1S/C19H25N5/c1-24(2)18-12-6-9-15(22-18)13-21-19(20)23-17-11-5-8-14-7-3-4-10-16(14)17/h5-6,8-9,11-12H,3-4,7,10,13H2,1-2H3,(H3,20,21,23). The first-order chi connectivity index (χ1) is 11.6. The van der Waals surface area contributed by atoms with Crippen LogP contribution in [0.1, 0.15) is 29.7 Å². The van der Waals surface area contributed by atoms with E-state index in [1.54, 1.807) is 0 Å². The Balaban J connectivity index is 1.70. The molecule has 0 amide bonds. The lowest BCUT2D eigenvalue weighted by molar-refractivity contribution is 0.687. The minimum Gasteiger partial charge on any atom is -0.370 e. The number of benzene rings is 1. The Morgan fingerprint density at radius 2 is 1.96 bits per heavy atom. The van der Waals surface area contributed by atoms with Gasteiger partial charge in [0, 0.05) is 19.8 Å². The van der Waals surface area contributed by atoms with Gasteiger partial charge in [0.1, 0.15) is 5.82 Å². The third-order valence-corrected chi connectivity index (χ3v) is 4.32. The molecule has 3 N–H and O–H groups in total. The van der Waals surface area contributed by atoms with E-state index in [1.165, 1.54) is 24.0 Å². The molecule has 5 nitrogen and oxygen atoms in total. The molecule has 1 aromatic heterocycles. The van der Waals surface area contributed by atoms with E-state index in [9.17, 15) is 0 Å². The number of nitrogens with one attached hydrogen (secondary N) is 1. The van der Waals surface area contributed by atoms with Gasteiger partial charge in [0.25, 0.3) is 0 Å². The lowest BCUT2D eigenvalue weighted by Crippen LogP contribution is -2.24. The summed E-state index contributed by atoms with van der Waals surface area (Å²) in [4.78, 5) is 11.0. The monoisotopic (exact) mass is 323 g/mol. The van der Waals surface area contributed by atoms with E-state index in [0.29, 0.717) is 12.5 Å². The van der Waals surface area contributed by atoms with Crippen molar-refractivity contribution >= 4 is 17.5 Å². The number of rotatable bonds is 4. The van der Waals surface area contributed by atoms with Gasteiger partial charge in [-0.3, -0.25) is 0 Å². The van der Waals surface area contributed by atoms with Crippen molar-refractivity contribution in [3.05, 3.63) is 53.2 Å². The van der Waals surface area contributed by atoms with Crippen LogP contribution in [0, 0.1) is 0 Å². The minimum atomic E-state index is 0.436. The first kappa shape index (κ1) is 16.3. The highest BCUT2D eigenvalue weighted by atomic mass is 15.1. The summed E-state index contributed by atoms with van der Waals surface area (Å²) in [5.41, 5.74) is 10.9. The molecule has 0 saturated carbocycles. The van der Waals surface area contributed by atoms with E-state index in [-0.39, 0.29) is 0 Å². The van der Waals surface area contributed by atoms with Crippen LogP contribution < -0.4 is 16.0 Å². The first-order valence-corrected chi connectivity index (χ1v) is 8.44. The number of aliphatic imine (C=N–C) groups is 1. The predicted octanol–water partition coefficient (Wildman–Crippen LogP) is 2.95. The van der Waals surface area contributed by atoms with Gasteiger partial charge in [0.05, 0.1) is 12.2 Å². The van der Waals surface area contributed by atoms with E-state index in [4.69, 9.17) is 5.73 Å². The largest absolute Gasteiger partial charge is 0.370 e. The number of pyridine rings is 1. The molecule has 5 heteroatoms. The number of fused-ring (bicyclic) bond motifs is 1. The predicted molar refractivity (Wildman–Crippen MR) is 101 cm³/mol. The Morgan fingerprint density at radius 3 is 2.79 bits per heavy atom. The highest BCUT2D eigenvalue weighted by Crippen LogP contribution is 2.27. The molecule has 0 aliphatic heterocycles. The van der Waals surface area contributed by atoms with Crippen molar-refractivity contribution in [3.8, 4) is 0 Å². The summed E-state index contributed by atoms with van der Waals surface area (Å²) in [5.74, 6) is 1.36. The topological polar surface area (TPSA) is 66.5 Å². The zero-order valence-electron chi connectivity index (χ0n) is 14.4. The van der Waals surface area contributed by atoms with Crippen LogP contribution in [-0.4, -0.2) is 25.0 Å². The normalized spacial score (nSPS) is 14.2. The molecule has 1 heterocycles. The summed E-state index contributed by atoms with van der Waals surface area (Å²) in [7, 11) is 3.95. The second kappa shape index (κ2) is 7.34. The highest BCUT2D eigenvalue weighted by molar-refractivity contribution is 5.93. The van der Waals surface area contributed by atoms with Crippen molar-refractivity contribution in [1.82, 2.24) is 4.98 Å². The van der Waals surface area contributed by atoms with Gasteiger partial charge in [-0.15, -0.1) is 0 Å². The molecular weight excluding hydrogens is 298 g/mol. The van der Waals surface area contributed by atoms with Crippen LogP contribution in [0.3, 0.4) is 0 Å². The summed E-state index contributed by atoms with van der Waals surface area (Å²) < 4.78 is 0. The second-order valence-corrected chi connectivity index (χ2v) is 6.36. The molecule has 0 atom stereocenters.